The third-order valence-electron chi connectivity index (χ3n) is 3.06. The van der Waals surface area contributed by atoms with Crippen LogP contribution in [0.5, 0.6) is 0 Å². The lowest BCUT2D eigenvalue weighted by molar-refractivity contribution is 0.0977. The quantitative estimate of drug-likeness (QED) is 0.683. The normalized spacial score (nSPS) is 10.6. The zero-order valence-electron chi connectivity index (χ0n) is 10.3. The van der Waals surface area contributed by atoms with Crippen molar-refractivity contribution in [1.82, 2.24) is 4.57 Å². The highest BCUT2D eigenvalue weighted by Gasteiger charge is 2.11. The Kier molecular flexibility index (Phi) is 3.31. The molecule has 0 saturated heterocycles. The van der Waals surface area contributed by atoms with Gasteiger partial charge in [-0.3, -0.25) is 4.79 Å². The van der Waals surface area contributed by atoms with Crippen LogP contribution in [-0.4, -0.2) is 10.4 Å². The van der Waals surface area contributed by atoms with Gasteiger partial charge in [0.2, 0.25) is 0 Å². The van der Waals surface area contributed by atoms with Crippen molar-refractivity contribution >= 4 is 39.6 Å². The zero-order chi connectivity index (χ0) is 14.1. The van der Waals surface area contributed by atoms with Crippen LogP contribution in [0, 0.1) is 11.3 Å². The fourth-order valence-corrected chi connectivity index (χ4v) is 3.08. The predicted octanol–water partition coefficient (Wildman–Crippen LogP) is 4.11. The molecule has 0 fully saturated rings. The van der Waals surface area contributed by atoms with Crippen LogP contribution in [0.1, 0.15) is 15.2 Å². The summed E-state index contributed by atoms with van der Waals surface area (Å²) in [6, 6.07) is 12.9. The summed E-state index contributed by atoms with van der Waals surface area (Å²) in [6.07, 6.45) is 1.86. The number of aromatic nitrogens is 1. The van der Waals surface area contributed by atoms with Gasteiger partial charge in [-0.15, -0.1) is 11.3 Å². The number of hydrogen-bond acceptors (Lipinski definition) is 3. The lowest BCUT2D eigenvalue weighted by atomic mass is 10.2. The molecule has 3 rings (SSSR count). The molecule has 0 atom stereocenters. The molecule has 1 aromatic carbocycles. The lowest BCUT2D eigenvalue weighted by Crippen LogP contribution is -2.07. The van der Waals surface area contributed by atoms with Crippen LogP contribution < -0.4 is 0 Å². The summed E-state index contributed by atoms with van der Waals surface area (Å²) >= 11 is 7.13. The Bertz CT molecular complexity index is 841. The van der Waals surface area contributed by atoms with Crippen LogP contribution in [0.15, 0.2) is 42.6 Å². The highest BCUT2D eigenvalue weighted by Crippen LogP contribution is 2.23. The second-order valence-electron chi connectivity index (χ2n) is 4.36. The van der Waals surface area contributed by atoms with E-state index in [2.05, 4.69) is 6.07 Å². The second kappa shape index (κ2) is 5.12. The minimum absolute atomic E-state index is 0.0313. The van der Waals surface area contributed by atoms with Gasteiger partial charge >= 0.3 is 0 Å². The van der Waals surface area contributed by atoms with Crippen molar-refractivity contribution in [2.75, 3.05) is 0 Å². The topological polar surface area (TPSA) is 45.8 Å². The van der Waals surface area contributed by atoms with Crippen molar-refractivity contribution in [1.29, 1.82) is 5.26 Å². The van der Waals surface area contributed by atoms with Crippen molar-refractivity contribution in [3.05, 3.63) is 57.4 Å². The van der Waals surface area contributed by atoms with Gasteiger partial charge in [0.1, 0.15) is 0 Å². The van der Waals surface area contributed by atoms with Crippen LogP contribution >= 0.6 is 22.9 Å². The van der Waals surface area contributed by atoms with Crippen molar-refractivity contribution in [3.63, 3.8) is 0 Å². The number of hydrogen-bond donors (Lipinski definition) is 0. The van der Waals surface area contributed by atoms with Crippen LogP contribution in [0.25, 0.3) is 10.9 Å². The molecule has 0 saturated carbocycles. The van der Waals surface area contributed by atoms with Gasteiger partial charge in [0, 0.05) is 17.1 Å². The molecule has 2 aromatic heterocycles. The number of thiophene rings is 1. The number of nitriles is 1. The standard InChI is InChI=1S/C15H9ClN2OS/c16-15-4-3-14(20-15)13(19)9-18-6-5-11-7-10(8-17)1-2-12(11)18/h1-7H,9H2. The Morgan fingerprint density at radius 3 is 2.85 bits per heavy atom. The number of nitrogens with zero attached hydrogens (tertiary/aromatic N) is 2. The summed E-state index contributed by atoms with van der Waals surface area (Å²) in [6.45, 7) is 0.270. The van der Waals surface area contributed by atoms with E-state index in [4.69, 9.17) is 16.9 Å². The van der Waals surface area contributed by atoms with E-state index in [9.17, 15) is 4.79 Å². The number of fused-ring (bicyclic) bond motifs is 1. The van der Waals surface area contributed by atoms with Crippen LogP contribution in [-0.2, 0) is 6.54 Å². The summed E-state index contributed by atoms with van der Waals surface area (Å²) < 4.78 is 2.50. The molecule has 0 aliphatic rings. The SMILES string of the molecule is N#Cc1ccc2c(ccn2CC(=O)c2ccc(Cl)s2)c1. The Labute approximate surface area is 124 Å². The lowest BCUT2D eigenvalue weighted by Gasteiger charge is -2.03. The Morgan fingerprint density at radius 2 is 2.15 bits per heavy atom. The molecule has 20 heavy (non-hydrogen) atoms. The fraction of sp³-hybridized carbons (Fsp3) is 0.0667. The number of benzene rings is 1. The molecule has 0 aliphatic heterocycles. The van der Waals surface area contributed by atoms with Crippen LogP contribution in [0.3, 0.4) is 0 Å². The van der Waals surface area contributed by atoms with Crippen LogP contribution in [0.4, 0.5) is 0 Å². The van der Waals surface area contributed by atoms with Crippen molar-refractivity contribution in [2.24, 2.45) is 0 Å². The maximum absolute atomic E-state index is 12.2. The fourth-order valence-electron chi connectivity index (χ4n) is 2.10. The molecule has 0 spiro atoms. The smallest absolute Gasteiger partial charge is 0.192 e. The van der Waals surface area contributed by atoms with E-state index in [1.54, 1.807) is 18.2 Å². The molecule has 0 amide bonds. The molecule has 0 aliphatic carbocycles. The van der Waals surface area contributed by atoms with Crippen molar-refractivity contribution in [2.45, 2.75) is 6.54 Å². The third-order valence-corrected chi connectivity index (χ3v) is 4.33. The van der Waals surface area contributed by atoms with E-state index in [-0.39, 0.29) is 12.3 Å². The molecular formula is C15H9ClN2OS. The number of ketones is 1. The molecule has 3 nitrogen and oxygen atoms in total. The highest BCUT2D eigenvalue weighted by atomic mass is 35.5. The summed E-state index contributed by atoms with van der Waals surface area (Å²) in [5.41, 5.74) is 1.56. The first-order chi connectivity index (χ1) is 9.67. The first kappa shape index (κ1) is 12.9. The van der Waals surface area contributed by atoms with Crippen molar-refractivity contribution < 1.29 is 4.79 Å². The largest absolute Gasteiger partial charge is 0.340 e. The van der Waals surface area contributed by atoms with E-state index >= 15 is 0 Å². The molecule has 0 N–H and O–H groups in total. The maximum Gasteiger partial charge on any atom is 0.192 e. The Balaban J connectivity index is 1.92. The molecule has 3 aromatic rings. The number of rotatable bonds is 3. The van der Waals surface area contributed by atoms with E-state index in [1.807, 2.05) is 29.0 Å². The summed E-state index contributed by atoms with van der Waals surface area (Å²) in [4.78, 5) is 12.8. The van der Waals surface area contributed by atoms with Gasteiger partial charge in [0.25, 0.3) is 0 Å². The number of carbonyl (C=O) groups excluding carboxylic acids is 1. The third kappa shape index (κ3) is 2.34. The molecular weight excluding hydrogens is 292 g/mol. The van der Waals surface area contributed by atoms with E-state index in [1.165, 1.54) is 11.3 Å². The van der Waals surface area contributed by atoms with Gasteiger partial charge in [-0.05, 0) is 36.4 Å². The molecule has 0 radical (unpaired) electrons. The first-order valence-electron chi connectivity index (χ1n) is 5.95. The Hall–Kier alpha value is -2.09. The minimum atomic E-state index is 0.0313. The number of carbonyl (C=O) groups is 1. The second-order valence-corrected chi connectivity index (χ2v) is 6.07. The van der Waals surface area contributed by atoms with E-state index in [0.29, 0.717) is 14.8 Å². The van der Waals surface area contributed by atoms with E-state index in [0.717, 1.165) is 10.9 Å². The van der Waals surface area contributed by atoms with Gasteiger partial charge in [-0.25, -0.2) is 0 Å². The molecule has 5 heteroatoms. The summed E-state index contributed by atoms with van der Waals surface area (Å²) in [5, 5.41) is 9.84. The monoisotopic (exact) mass is 300 g/mol. The van der Waals surface area contributed by atoms with Crippen molar-refractivity contribution in [3.8, 4) is 6.07 Å². The minimum Gasteiger partial charge on any atom is -0.340 e. The number of halogens is 1. The van der Waals surface area contributed by atoms with Gasteiger partial charge in [0.05, 0.1) is 27.4 Å². The highest BCUT2D eigenvalue weighted by molar-refractivity contribution is 7.18. The van der Waals surface area contributed by atoms with Crippen LogP contribution in [0.2, 0.25) is 4.34 Å². The average Bonchev–Trinajstić information content (AvgIpc) is 3.05. The Morgan fingerprint density at radius 1 is 1.30 bits per heavy atom. The van der Waals surface area contributed by atoms with Gasteiger partial charge < -0.3 is 4.57 Å². The van der Waals surface area contributed by atoms with E-state index < -0.39 is 0 Å². The molecule has 98 valence electrons. The molecule has 2 heterocycles. The van der Waals surface area contributed by atoms with Gasteiger partial charge in [0.15, 0.2) is 5.78 Å². The predicted molar refractivity (Wildman–Crippen MR) is 80.3 cm³/mol. The maximum atomic E-state index is 12.2. The summed E-state index contributed by atoms with van der Waals surface area (Å²) in [5.74, 6) is 0.0313. The van der Waals surface area contributed by atoms with Gasteiger partial charge in [-0.2, -0.15) is 5.26 Å². The first-order valence-corrected chi connectivity index (χ1v) is 7.14. The number of Topliss-reactive ketones (excluding diaryl/α,β-unsaturated/α-hetero) is 1. The zero-order valence-corrected chi connectivity index (χ0v) is 11.9. The summed E-state index contributed by atoms with van der Waals surface area (Å²) in [7, 11) is 0. The van der Waals surface area contributed by atoms with Gasteiger partial charge in [-0.1, -0.05) is 11.6 Å². The molecule has 0 bridgehead atoms. The average molecular weight is 301 g/mol. The molecule has 0 unspecified atom stereocenters.